The number of hydrogen-bond donors (Lipinski definition) is 3. The van der Waals surface area contributed by atoms with Crippen LogP contribution in [0.2, 0.25) is 0 Å². The fourth-order valence-electron chi connectivity index (χ4n) is 9.79. The molecular formula is C41H44O8. The SMILES string of the molecule is CC(=O)C1C(=O)C(C(C)C)[C@@]2(C)[C@H](O)[C@]3(C)C(C(=O)c4c(ccc(C(Cc5ccccc5)Cc5ccccc5)c4O)[C@H]3C)C(=O)[C@@]2(O)C1=O. The molecule has 256 valence electrons. The summed E-state index contributed by atoms with van der Waals surface area (Å²) in [5.41, 5.74) is -3.67. The Morgan fingerprint density at radius 3 is 1.86 bits per heavy atom. The average molecular weight is 665 g/mol. The lowest BCUT2D eigenvalue weighted by Crippen LogP contribution is -2.81. The van der Waals surface area contributed by atoms with Crippen molar-refractivity contribution in [1.29, 1.82) is 0 Å². The van der Waals surface area contributed by atoms with Gasteiger partial charge in [-0.2, -0.15) is 0 Å². The topological polar surface area (TPSA) is 146 Å². The second-order valence-corrected chi connectivity index (χ2v) is 15.2. The fraction of sp³-hybridized carbons (Fsp3) is 0.439. The van der Waals surface area contributed by atoms with Crippen LogP contribution < -0.4 is 0 Å². The number of phenolic OH excluding ortho intramolecular Hbond substituents is 1. The fourth-order valence-corrected chi connectivity index (χ4v) is 9.79. The summed E-state index contributed by atoms with van der Waals surface area (Å²) in [5, 5.41) is 36.8. The van der Waals surface area contributed by atoms with Crippen LogP contribution in [0, 0.1) is 34.5 Å². The highest BCUT2D eigenvalue weighted by Gasteiger charge is 2.80. The van der Waals surface area contributed by atoms with Crippen LogP contribution in [-0.2, 0) is 32.0 Å². The number of fused-ring (bicyclic) bond motifs is 3. The molecule has 0 bridgehead atoms. The van der Waals surface area contributed by atoms with Gasteiger partial charge in [0, 0.05) is 16.7 Å². The molecule has 8 nitrogen and oxygen atoms in total. The van der Waals surface area contributed by atoms with Crippen molar-refractivity contribution in [1.82, 2.24) is 0 Å². The van der Waals surface area contributed by atoms with Gasteiger partial charge in [0.25, 0.3) is 0 Å². The first kappa shape index (κ1) is 34.6. The van der Waals surface area contributed by atoms with Gasteiger partial charge >= 0.3 is 0 Å². The normalized spacial score (nSPS) is 32.6. The van der Waals surface area contributed by atoms with E-state index in [2.05, 4.69) is 0 Å². The van der Waals surface area contributed by atoms with Gasteiger partial charge in [-0.25, -0.2) is 0 Å². The number of ketones is 5. The molecule has 3 aliphatic rings. The monoisotopic (exact) mass is 664 g/mol. The van der Waals surface area contributed by atoms with Crippen LogP contribution in [-0.4, -0.2) is 55.9 Å². The molecule has 0 saturated heterocycles. The van der Waals surface area contributed by atoms with Gasteiger partial charge in [0.1, 0.15) is 17.5 Å². The van der Waals surface area contributed by atoms with E-state index in [1.54, 1.807) is 39.8 Å². The number of aliphatic hydroxyl groups is 2. The molecule has 49 heavy (non-hydrogen) atoms. The third kappa shape index (κ3) is 4.67. The maximum absolute atomic E-state index is 14.8. The molecule has 0 heterocycles. The number of hydrogen-bond acceptors (Lipinski definition) is 8. The Labute approximate surface area is 286 Å². The van der Waals surface area contributed by atoms with E-state index < -0.39 is 81.0 Å². The van der Waals surface area contributed by atoms with Crippen molar-refractivity contribution in [3.63, 3.8) is 0 Å². The highest BCUT2D eigenvalue weighted by Crippen LogP contribution is 2.66. The van der Waals surface area contributed by atoms with Gasteiger partial charge in [-0.3, -0.25) is 24.0 Å². The van der Waals surface area contributed by atoms with E-state index >= 15 is 0 Å². The minimum Gasteiger partial charge on any atom is -0.507 e. The van der Waals surface area contributed by atoms with Crippen LogP contribution in [0.1, 0.15) is 86.0 Å². The van der Waals surface area contributed by atoms with E-state index in [1.807, 2.05) is 60.7 Å². The number of carbonyl (C=O) groups is 5. The largest absolute Gasteiger partial charge is 0.507 e. The Kier molecular flexibility index (Phi) is 8.44. The van der Waals surface area contributed by atoms with E-state index in [1.165, 1.54) is 6.92 Å². The van der Waals surface area contributed by atoms with Crippen molar-refractivity contribution in [2.75, 3.05) is 0 Å². The summed E-state index contributed by atoms with van der Waals surface area (Å²) in [6.07, 6.45) is -0.596. The van der Waals surface area contributed by atoms with Crippen LogP contribution in [0.25, 0.3) is 0 Å². The van der Waals surface area contributed by atoms with E-state index in [0.29, 0.717) is 24.0 Å². The van der Waals surface area contributed by atoms with Gasteiger partial charge in [0.15, 0.2) is 28.7 Å². The van der Waals surface area contributed by atoms with E-state index in [4.69, 9.17) is 0 Å². The van der Waals surface area contributed by atoms with Crippen LogP contribution >= 0.6 is 0 Å². The Bertz CT molecular complexity index is 1820. The minimum atomic E-state index is -3.00. The van der Waals surface area contributed by atoms with Crippen LogP contribution in [0.4, 0.5) is 0 Å². The smallest absolute Gasteiger partial charge is 0.191 e. The molecular weight excluding hydrogens is 620 g/mol. The number of phenols is 1. The average Bonchev–Trinajstić information content (AvgIpc) is 3.05. The quantitative estimate of drug-likeness (QED) is 0.293. The molecule has 3 aliphatic carbocycles. The molecule has 3 aromatic carbocycles. The molecule has 3 N–H and O–H groups in total. The molecule has 0 spiro atoms. The molecule has 0 aromatic heterocycles. The Hall–Kier alpha value is -4.27. The second kappa shape index (κ2) is 12.0. The zero-order chi connectivity index (χ0) is 35.8. The van der Waals surface area contributed by atoms with Crippen LogP contribution in [0.3, 0.4) is 0 Å². The number of benzene rings is 3. The standard InChI is InChI=1S/C41H44O8/c1-21(2)31-34(44)29(23(4)42)36(46)41(49)37(47)32-35(45)30-27(22(3)39(32,5)38(48)40(31,41)6)17-18-28(33(30)43)26(19-24-13-9-7-10-14-24)20-25-15-11-8-12-16-25/h7-18,21-22,26,29,31-32,38,43,48-49H,19-20H2,1-6H3/t22-,29?,31?,32?,38-,39+,40+,41+/m1/s1. The molecule has 8 atom stereocenters. The van der Waals surface area contributed by atoms with Crippen molar-refractivity contribution in [2.24, 2.45) is 34.5 Å². The van der Waals surface area contributed by atoms with E-state index in [9.17, 15) is 39.3 Å². The summed E-state index contributed by atoms with van der Waals surface area (Å²) < 4.78 is 0. The van der Waals surface area contributed by atoms with Gasteiger partial charge in [-0.05, 0) is 59.8 Å². The maximum atomic E-state index is 14.8. The predicted octanol–water partition coefficient (Wildman–Crippen LogP) is 5.19. The number of aromatic hydroxyl groups is 1. The Morgan fingerprint density at radius 2 is 1.37 bits per heavy atom. The van der Waals surface area contributed by atoms with Crippen molar-refractivity contribution in [3.8, 4) is 5.75 Å². The molecule has 2 fully saturated rings. The molecule has 3 aromatic rings. The highest BCUT2D eigenvalue weighted by atomic mass is 16.3. The van der Waals surface area contributed by atoms with Gasteiger partial charge in [0.2, 0.25) is 0 Å². The first-order chi connectivity index (χ1) is 23.0. The van der Waals surface area contributed by atoms with E-state index in [-0.39, 0.29) is 17.2 Å². The molecule has 0 aliphatic heterocycles. The number of rotatable bonds is 7. The molecule has 0 radical (unpaired) electrons. The third-order valence-electron chi connectivity index (χ3n) is 12.3. The maximum Gasteiger partial charge on any atom is 0.191 e. The summed E-state index contributed by atoms with van der Waals surface area (Å²) >= 11 is 0. The lowest BCUT2D eigenvalue weighted by molar-refractivity contribution is -0.240. The lowest BCUT2D eigenvalue weighted by atomic mass is 9.37. The van der Waals surface area contributed by atoms with Crippen molar-refractivity contribution in [2.45, 2.75) is 77.9 Å². The van der Waals surface area contributed by atoms with Gasteiger partial charge in [0.05, 0.1) is 17.6 Å². The first-order valence-electron chi connectivity index (χ1n) is 17.0. The van der Waals surface area contributed by atoms with Crippen LogP contribution in [0.5, 0.6) is 5.75 Å². The molecule has 0 amide bonds. The summed E-state index contributed by atoms with van der Waals surface area (Å²) in [7, 11) is 0. The third-order valence-corrected chi connectivity index (χ3v) is 12.3. The first-order valence-corrected chi connectivity index (χ1v) is 17.0. The second-order valence-electron chi connectivity index (χ2n) is 15.2. The van der Waals surface area contributed by atoms with Crippen molar-refractivity contribution >= 4 is 28.9 Å². The zero-order valence-corrected chi connectivity index (χ0v) is 28.8. The van der Waals surface area contributed by atoms with Gasteiger partial charge < -0.3 is 15.3 Å². The van der Waals surface area contributed by atoms with Gasteiger partial charge in [-0.1, -0.05) is 107 Å². The zero-order valence-electron chi connectivity index (χ0n) is 28.8. The summed E-state index contributed by atoms with van der Waals surface area (Å²) in [6.45, 7) is 9.11. The number of Topliss-reactive ketones (excluding diaryl/α,β-unsaturated/α-hetero) is 5. The van der Waals surface area contributed by atoms with Crippen molar-refractivity contribution < 1.29 is 39.3 Å². The summed E-state index contributed by atoms with van der Waals surface area (Å²) in [5.74, 6) is -11.5. The summed E-state index contributed by atoms with van der Waals surface area (Å²) in [6, 6.07) is 23.1. The molecule has 3 unspecified atom stereocenters. The van der Waals surface area contributed by atoms with Crippen molar-refractivity contribution in [3.05, 3.63) is 101 Å². The summed E-state index contributed by atoms with van der Waals surface area (Å²) in [4.78, 5) is 70.1. The molecule has 6 rings (SSSR count). The highest BCUT2D eigenvalue weighted by molar-refractivity contribution is 6.33. The minimum absolute atomic E-state index is 0.0748. The number of aliphatic hydroxyl groups excluding tert-OH is 1. The molecule has 8 heteroatoms. The van der Waals surface area contributed by atoms with Gasteiger partial charge in [-0.15, -0.1) is 0 Å². The Balaban J connectivity index is 1.53. The van der Waals surface area contributed by atoms with E-state index in [0.717, 1.165) is 18.1 Å². The Morgan fingerprint density at radius 1 is 0.837 bits per heavy atom. The lowest BCUT2D eigenvalue weighted by Gasteiger charge is -2.65. The van der Waals surface area contributed by atoms with Crippen LogP contribution in [0.15, 0.2) is 72.8 Å². The number of carbonyl (C=O) groups excluding carboxylic acids is 5. The molecule has 2 saturated carbocycles. The predicted molar refractivity (Wildman–Crippen MR) is 182 cm³/mol.